The lowest BCUT2D eigenvalue weighted by atomic mass is 9.97. The summed E-state index contributed by atoms with van der Waals surface area (Å²) < 4.78 is 33.1. The third kappa shape index (κ3) is 4.46. The predicted molar refractivity (Wildman–Crippen MR) is 127 cm³/mol. The topological polar surface area (TPSA) is 75.7 Å². The van der Waals surface area contributed by atoms with Gasteiger partial charge in [0.2, 0.25) is 15.9 Å². The molecule has 32 heavy (non-hydrogen) atoms. The lowest BCUT2D eigenvalue weighted by molar-refractivity contribution is -0.120. The Hall–Kier alpha value is -2.61. The van der Waals surface area contributed by atoms with Crippen LogP contribution in [-0.2, 0) is 14.8 Å². The molecule has 1 heterocycles. The molecule has 4 rings (SSSR count). The first-order valence-electron chi connectivity index (χ1n) is 10.4. The van der Waals surface area contributed by atoms with Crippen LogP contribution in [0.15, 0.2) is 59.5 Å². The van der Waals surface area contributed by atoms with Crippen molar-refractivity contribution in [1.29, 1.82) is 0 Å². The van der Waals surface area contributed by atoms with E-state index in [2.05, 4.69) is 5.32 Å². The van der Waals surface area contributed by atoms with E-state index in [1.54, 1.807) is 24.3 Å². The Labute approximate surface area is 193 Å². The van der Waals surface area contributed by atoms with Crippen LogP contribution < -0.4 is 10.1 Å². The zero-order valence-corrected chi connectivity index (χ0v) is 19.5. The van der Waals surface area contributed by atoms with E-state index in [9.17, 15) is 13.2 Å². The van der Waals surface area contributed by atoms with E-state index in [4.69, 9.17) is 16.3 Å². The number of hydrogen-bond donors (Lipinski definition) is 1. The van der Waals surface area contributed by atoms with Crippen molar-refractivity contribution in [3.8, 4) is 5.75 Å². The standard InChI is InChI=1S/C24H25ClN2O4S/c1-16-13-22(23(31-2)15-21(16)25)26-24(28)18-9-11-27(12-10-18)32(29,30)20-8-7-17-5-3-4-6-19(17)14-20/h3-8,13-15,18H,9-12H2,1-2H3,(H,26,28). The average molecular weight is 473 g/mol. The number of sulfonamides is 1. The van der Waals surface area contributed by atoms with Crippen LogP contribution in [0.1, 0.15) is 18.4 Å². The van der Waals surface area contributed by atoms with Crippen molar-refractivity contribution in [2.24, 2.45) is 5.92 Å². The van der Waals surface area contributed by atoms with Gasteiger partial charge >= 0.3 is 0 Å². The number of ether oxygens (including phenoxy) is 1. The molecule has 1 amide bonds. The van der Waals surface area contributed by atoms with Gasteiger partial charge in [-0.25, -0.2) is 8.42 Å². The van der Waals surface area contributed by atoms with Crippen molar-refractivity contribution in [3.63, 3.8) is 0 Å². The normalized spacial score (nSPS) is 15.6. The van der Waals surface area contributed by atoms with Crippen LogP contribution >= 0.6 is 11.6 Å². The van der Waals surface area contributed by atoms with Crippen molar-refractivity contribution < 1.29 is 17.9 Å². The minimum atomic E-state index is -3.62. The summed E-state index contributed by atoms with van der Waals surface area (Å²) in [5.41, 5.74) is 1.39. The first-order valence-corrected chi connectivity index (χ1v) is 12.3. The van der Waals surface area contributed by atoms with Crippen molar-refractivity contribution in [1.82, 2.24) is 4.31 Å². The summed E-state index contributed by atoms with van der Waals surface area (Å²) in [6, 6.07) is 16.3. The second-order valence-electron chi connectivity index (χ2n) is 7.98. The van der Waals surface area contributed by atoms with E-state index in [-0.39, 0.29) is 16.7 Å². The molecule has 0 atom stereocenters. The van der Waals surface area contributed by atoms with Gasteiger partial charge in [0.05, 0.1) is 17.7 Å². The number of rotatable bonds is 5. The number of piperidine rings is 1. The molecule has 168 valence electrons. The maximum absolute atomic E-state index is 13.1. The minimum Gasteiger partial charge on any atom is -0.495 e. The Balaban J connectivity index is 1.44. The Morgan fingerprint density at radius 2 is 1.75 bits per heavy atom. The SMILES string of the molecule is COc1cc(Cl)c(C)cc1NC(=O)C1CCN(S(=O)(=O)c2ccc3ccccc3c2)CC1. The number of hydrogen-bond acceptors (Lipinski definition) is 4. The highest BCUT2D eigenvalue weighted by atomic mass is 35.5. The number of anilines is 1. The van der Waals surface area contributed by atoms with Gasteiger partial charge in [0, 0.05) is 30.1 Å². The highest BCUT2D eigenvalue weighted by molar-refractivity contribution is 7.89. The van der Waals surface area contributed by atoms with Crippen molar-refractivity contribution in [2.75, 3.05) is 25.5 Å². The number of nitrogens with one attached hydrogen (secondary N) is 1. The first-order chi connectivity index (χ1) is 15.3. The summed E-state index contributed by atoms with van der Waals surface area (Å²) in [4.78, 5) is 13.1. The maximum atomic E-state index is 13.1. The van der Waals surface area contributed by atoms with E-state index in [1.807, 2.05) is 37.3 Å². The molecule has 0 spiro atoms. The number of fused-ring (bicyclic) bond motifs is 1. The molecule has 0 bridgehead atoms. The third-order valence-electron chi connectivity index (χ3n) is 5.92. The lowest BCUT2D eigenvalue weighted by Gasteiger charge is -2.30. The monoisotopic (exact) mass is 472 g/mol. The number of amides is 1. The fourth-order valence-corrected chi connectivity index (χ4v) is 5.66. The summed E-state index contributed by atoms with van der Waals surface area (Å²) in [5.74, 6) is 0.0665. The van der Waals surface area contributed by atoms with Crippen molar-refractivity contribution in [3.05, 3.63) is 65.2 Å². The molecule has 3 aromatic rings. The summed E-state index contributed by atoms with van der Waals surface area (Å²) in [7, 11) is -2.09. The molecule has 0 aromatic heterocycles. The van der Waals surface area contributed by atoms with Gasteiger partial charge in [-0.2, -0.15) is 4.31 Å². The molecule has 0 radical (unpaired) electrons. The Kier molecular flexibility index (Phi) is 6.42. The van der Waals surface area contributed by atoms with Crippen molar-refractivity contribution >= 4 is 44.0 Å². The van der Waals surface area contributed by atoms with Crippen LogP contribution in [0.3, 0.4) is 0 Å². The Morgan fingerprint density at radius 3 is 2.44 bits per heavy atom. The second-order valence-corrected chi connectivity index (χ2v) is 10.3. The van der Waals surface area contributed by atoms with Gasteiger partial charge in [-0.15, -0.1) is 0 Å². The van der Waals surface area contributed by atoms with E-state index in [0.29, 0.717) is 42.4 Å². The number of aryl methyl sites for hydroxylation is 1. The maximum Gasteiger partial charge on any atom is 0.243 e. The molecule has 1 N–H and O–H groups in total. The van der Waals surface area contributed by atoms with E-state index < -0.39 is 10.0 Å². The van der Waals surface area contributed by atoms with Gasteiger partial charge in [0.1, 0.15) is 5.75 Å². The van der Waals surface area contributed by atoms with Gasteiger partial charge in [-0.3, -0.25) is 4.79 Å². The molecule has 1 saturated heterocycles. The number of nitrogens with zero attached hydrogens (tertiary/aromatic N) is 1. The summed E-state index contributed by atoms with van der Waals surface area (Å²) >= 11 is 6.14. The Morgan fingerprint density at radius 1 is 1.06 bits per heavy atom. The molecule has 3 aromatic carbocycles. The van der Waals surface area contributed by atoms with Gasteiger partial charge in [-0.05, 0) is 54.3 Å². The fraction of sp³-hybridized carbons (Fsp3) is 0.292. The molecule has 1 fully saturated rings. The summed E-state index contributed by atoms with van der Waals surface area (Å²) in [6.07, 6.45) is 0.904. The zero-order chi connectivity index (χ0) is 22.9. The number of carbonyl (C=O) groups is 1. The highest BCUT2D eigenvalue weighted by Crippen LogP contribution is 2.32. The molecule has 0 aliphatic carbocycles. The van der Waals surface area contributed by atoms with Crippen LogP contribution in [-0.4, -0.2) is 38.8 Å². The molecule has 1 aliphatic heterocycles. The molecular weight excluding hydrogens is 448 g/mol. The molecule has 0 saturated carbocycles. The summed E-state index contributed by atoms with van der Waals surface area (Å²) in [6.45, 7) is 2.45. The number of carbonyl (C=O) groups excluding carboxylic acids is 1. The first kappa shape index (κ1) is 22.6. The minimum absolute atomic E-state index is 0.146. The smallest absolute Gasteiger partial charge is 0.243 e. The van der Waals surface area contributed by atoms with Gasteiger partial charge < -0.3 is 10.1 Å². The number of benzene rings is 3. The zero-order valence-electron chi connectivity index (χ0n) is 18.0. The average Bonchev–Trinajstić information content (AvgIpc) is 2.81. The van der Waals surface area contributed by atoms with Crippen molar-refractivity contribution in [2.45, 2.75) is 24.7 Å². The molecule has 6 nitrogen and oxygen atoms in total. The largest absolute Gasteiger partial charge is 0.495 e. The predicted octanol–water partition coefficient (Wildman–Crippen LogP) is 4.85. The van der Waals surface area contributed by atoms with Crippen LogP contribution in [0.25, 0.3) is 10.8 Å². The second kappa shape index (κ2) is 9.10. The lowest BCUT2D eigenvalue weighted by Crippen LogP contribution is -2.41. The van der Waals surface area contributed by atoms with Crippen LogP contribution in [0.5, 0.6) is 5.75 Å². The van der Waals surface area contributed by atoms with E-state index >= 15 is 0 Å². The Bertz CT molecular complexity index is 1270. The van der Waals surface area contributed by atoms with Gasteiger partial charge in [0.25, 0.3) is 0 Å². The fourth-order valence-electron chi connectivity index (χ4n) is 4.00. The van der Waals surface area contributed by atoms with Gasteiger partial charge in [0.15, 0.2) is 0 Å². The van der Waals surface area contributed by atoms with E-state index in [0.717, 1.165) is 16.3 Å². The molecular formula is C24H25ClN2O4S. The van der Waals surface area contributed by atoms with Crippen LogP contribution in [0.2, 0.25) is 5.02 Å². The van der Waals surface area contributed by atoms with E-state index in [1.165, 1.54) is 11.4 Å². The number of methoxy groups -OCH3 is 1. The highest BCUT2D eigenvalue weighted by Gasteiger charge is 2.32. The third-order valence-corrected chi connectivity index (χ3v) is 8.22. The van der Waals surface area contributed by atoms with Crippen LogP contribution in [0.4, 0.5) is 5.69 Å². The molecule has 0 unspecified atom stereocenters. The quantitative estimate of drug-likeness (QED) is 0.576. The van der Waals surface area contributed by atoms with Crippen LogP contribution in [0, 0.1) is 12.8 Å². The van der Waals surface area contributed by atoms with Gasteiger partial charge in [-0.1, -0.05) is 41.9 Å². The molecule has 8 heteroatoms. The summed E-state index contributed by atoms with van der Waals surface area (Å²) in [5, 5.41) is 5.36. The number of halogens is 1. The molecule has 1 aliphatic rings.